The maximum absolute atomic E-state index is 13.6. The number of hydrogen-bond acceptors (Lipinski definition) is 3. The molecule has 4 nitrogen and oxygen atoms in total. The summed E-state index contributed by atoms with van der Waals surface area (Å²) < 4.78 is 33.4. The van der Waals surface area contributed by atoms with Crippen molar-refractivity contribution in [1.82, 2.24) is 9.80 Å². The van der Waals surface area contributed by atoms with E-state index in [2.05, 4.69) is 4.90 Å². The smallest absolute Gasteiger partial charge is 0.248 e. The third-order valence-corrected chi connectivity index (χ3v) is 6.98. The van der Waals surface area contributed by atoms with Crippen LogP contribution in [0.15, 0.2) is 109 Å². The van der Waals surface area contributed by atoms with Gasteiger partial charge in [0, 0.05) is 26.2 Å². The van der Waals surface area contributed by atoms with Gasteiger partial charge >= 0.3 is 0 Å². The average Bonchev–Trinajstić information content (AvgIpc) is 2.97. The van der Waals surface area contributed by atoms with Crippen molar-refractivity contribution in [2.24, 2.45) is 0 Å². The number of amides is 1. The van der Waals surface area contributed by atoms with Crippen molar-refractivity contribution >= 4 is 5.91 Å². The highest BCUT2D eigenvalue weighted by Crippen LogP contribution is 2.30. The molecule has 1 heterocycles. The van der Waals surface area contributed by atoms with E-state index < -0.39 is 0 Å². The van der Waals surface area contributed by atoms with Crippen LogP contribution in [0.4, 0.5) is 8.78 Å². The van der Waals surface area contributed by atoms with Crippen LogP contribution in [0.25, 0.3) is 0 Å². The van der Waals surface area contributed by atoms with Crippen molar-refractivity contribution < 1.29 is 18.3 Å². The Morgan fingerprint density at radius 1 is 0.632 bits per heavy atom. The van der Waals surface area contributed by atoms with E-state index in [4.69, 9.17) is 4.74 Å². The molecule has 0 bridgehead atoms. The molecule has 0 aromatic heterocycles. The molecule has 0 saturated carbocycles. The van der Waals surface area contributed by atoms with Crippen molar-refractivity contribution in [2.45, 2.75) is 12.1 Å². The van der Waals surface area contributed by atoms with Crippen LogP contribution in [-0.2, 0) is 9.53 Å². The van der Waals surface area contributed by atoms with Gasteiger partial charge in [-0.25, -0.2) is 8.78 Å². The fourth-order valence-electron chi connectivity index (χ4n) is 5.02. The Hall–Kier alpha value is -3.87. The van der Waals surface area contributed by atoms with Crippen LogP contribution in [-0.4, -0.2) is 48.5 Å². The van der Waals surface area contributed by atoms with E-state index in [0.29, 0.717) is 26.2 Å². The van der Waals surface area contributed by atoms with Crippen LogP contribution in [0.1, 0.15) is 34.4 Å². The topological polar surface area (TPSA) is 32.8 Å². The number of carbonyl (C=O) groups excluding carboxylic acids is 1. The van der Waals surface area contributed by atoms with E-state index >= 15 is 0 Å². The molecule has 0 aliphatic carbocycles. The predicted molar refractivity (Wildman–Crippen MR) is 143 cm³/mol. The molecule has 0 N–H and O–H groups in total. The summed E-state index contributed by atoms with van der Waals surface area (Å²) in [7, 11) is 0. The third kappa shape index (κ3) is 6.15. The van der Waals surface area contributed by atoms with Crippen molar-refractivity contribution in [3.8, 4) is 0 Å². The molecule has 1 saturated heterocycles. The first-order chi connectivity index (χ1) is 18.6. The molecule has 6 heteroatoms. The second kappa shape index (κ2) is 12.1. The summed E-state index contributed by atoms with van der Waals surface area (Å²) in [4.78, 5) is 17.2. The lowest BCUT2D eigenvalue weighted by molar-refractivity contribution is -0.139. The normalized spacial score (nSPS) is 14.3. The van der Waals surface area contributed by atoms with Gasteiger partial charge in [0.05, 0.1) is 6.04 Å². The maximum atomic E-state index is 13.6. The summed E-state index contributed by atoms with van der Waals surface area (Å²) >= 11 is 0. The number of carbonyl (C=O) groups is 1. The van der Waals surface area contributed by atoms with Gasteiger partial charge in [0.15, 0.2) is 0 Å². The lowest BCUT2D eigenvalue weighted by Gasteiger charge is -2.40. The van der Waals surface area contributed by atoms with Crippen LogP contribution in [0.2, 0.25) is 0 Å². The number of benzene rings is 4. The van der Waals surface area contributed by atoms with Gasteiger partial charge < -0.3 is 9.64 Å². The number of piperazine rings is 1. The van der Waals surface area contributed by atoms with Crippen LogP contribution >= 0.6 is 0 Å². The molecule has 5 rings (SSSR count). The van der Waals surface area contributed by atoms with Gasteiger partial charge in [0.1, 0.15) is 24.3 Å². The summed E-state index contributed by atoms with van der Waals surface area (Å²) in [5.74, 6) is -0.653. The van der Waals surface area contributed by atoms with Crippen LogP contribution < -0.4 is 0 Å². The number of halogens is 2. The highest BCUT2D eigenvalue weighted by atomic mass is 19.1. The zero-order valence-corrected chi connectivity index (χ0v) is 21.0. The quantitative estimate of drug-likeness (QED) is 0.290. The standard InChI is InChI=1S/C32H30F2N2O2/c33-28-15-11-24(12-16-28)31(25-13-17-29(34)18-14-25)36-21-19-35(20-22-36)30(37)23-38-32(26-7-3-1-4-8-26)27-9-5-2-6-10-27/h1-18,31-32H,19-23H2. The zero-order chi connectivity index (χ0) is 26.3. The van der Waals surface area contributed by atoms with Crippen molar-refractivity contribution in [3.63, 3.8) is 0 Å². The first-order valence-electron chi connectivity index (χ1n) is 12.8. The van der Waals surface area contributed by atoms with Gasteiger partial charge in [0.2, 0.25) is 5.91 Å². The van der Waals surface area contributed by atoms with E-state index in [-0.39, 0.29) is 36.3 Å². The highest BCUT2D eigenvalue weighted by molar-refractivity contribution is 5.77. The Bertz CT molecular complexity index is 1220. The molecule has 38 heavy (non-hydrogen) atoms. The maximum Gasteiger partial charge on any atom is 0.248 e. The summed E-state index contributed by atoms with van der Waals surface area (Å²) in [6.45, 7) is 2.33. The molecule has 194 valence electrons. The van der Waals surface area contributed by atoms with Gasteiger partial charge in [0.25, 0.3) is 0 Å². The molecule has 0 spiro atoms. The molecule has 1 aliphatic heterocycles. The fraction of sp³-hybridized carbons (Fsp3) is 0.219. The lowest BCUT2D eigenvalue weighted by atomic mass is 9.96. The fourth-order valence-corrected chi connectivity index (χ4v) is 5.02. The molecular formula is C32H30F2N2O2. The van der Waals surface area contributed by atoms with E-state index in [1.54, 1.807) is 24.3 Å². The van der Waals surface area contributed by atoms with Gasteiger partial charge in [-0.2, -0.15) is 0 Å². The molecule has 1 fully saturated rings. The van der Waals surface area contributed by atoms with Gasteiger partial charge in [-0.15, -0.1) is 0 Å². The van der Waals surface area contributed by atoms with E-state index in [9.17, 15) is 13.6 Å². The van der Waals surface area contributed by atoms with E-state index in [0.717, 1.165) is 22.3 Å². The largest absolute Gasteiger partial charge is 0.359 e. The molecule has 4 aromatic carbocycles. The van der Waals surface area contributed by atoms with Crippen molar-refractivity contribution in [1.29, 1.82) is 0 Å². The average molecular weight is 513 g/mol. The molecule has 0 radical (unpaired) electrons. The minimum atomic E-state index is -0.330. The molecule has 1 aliphatic rings. The molecule has 4 aromatic rings. The Kier molecular flexibility index (Phi) is 8.22. The molecule has 0 unspecified atom stereocenters. The van der Waals surface area contributed by atoms with Crippen molar-refractivity contribution in [3.05, 3.63) is 143 Å². The minimum Gasteiger partial charge on any atom is -0.359 e. The number of ether oxygens (including phenoxy) is 1. The molecular weight excluding hydrogens is 482 g/mol. The number of hydrogen-bond donors (Lipinski definition) is 0. The number of nitrogens with zero attached hydrogens (tertiary/aromatic N) is 2. The van der Waals surface area contributed by atoms with E-state index in [1.165, 1.54) is 24.3 Å². The Morgan fingerprint density at radius 3 is 1.53 bits per heavy atom. The van der Waals surface area contributed by atoms with Crippen LogP contribution in [0, 0.1) is 11.6 Å². The van der Waals surface area contributed by atoms with Gasteiger partial charge in [-0.1, -0.05) is 84.9 Å². The monoisotopic (exact) mass is 512 g/mol. The minimum absolute atomic E-state index is 0.0200. The van der Waals surface area contributed by atoms with Gasteiger partial charge in [-0.05, 0) is 46.5 Å². The Morgan fingerprint density at radius 2 is 1.08 bits per heavy atom. The second-order valence-corrected chi connectivity index (χ2v) is 9.43. The summed E-state index contributed by atoms with van der Waals surface area (Å²) in [5.41, 5.74) is 3.85. The lowest BCUT2D eigenvalue weighted by Crippen LogP contribution is -2.50. The summed E-state index contributed by atoms with van der Waals surface area (Å²) in [6, 6.07) is 32.5. The Balaban J connectivity index is 1.25. The van der Waals surface area contributed by atoms with Gasteiger partial charge in [-0.3, -0.25) is 9.69 Å². The first-order valence-corrected chi connectivity index (χ1v) is 12.8. The third-order valence-electron chi connectivity index (χ3n) is 6.98. The number of rotatable bonds is 8. The summed E-state index contributed by atoms with van der Waals surface area (Å²) in [6.07, 6.45) is -0.330. The second-order valence-electron chi connectivity index (χ2n) is 9.43. The van der Waals surface area contributed by atoms with Crippen LogP contribution in [0.3, 0.4) is 0 Å². The SMILES string of the molecule is O=C(COC(c1ccccc1)c1ccccc1)N1CCN(C(c2ccc(F)cc2)c2ccc(F)cc2)CC1. The summed E-state index contributed by atoms with van der Waals surface area (Å²) in [5, 5.41) is 0. The Labute approximate surface area is 222 Å². The molecule has 1 amide bonds. The van der Waals surface area contributed by atoms with Crippen molar-refractivity contribution in [2.75, 3.05) is 32.8 Å². The first kappa shape index (κ1) is 25.8. The molecule has 0 atom stereocenters. The predicted octanol–water partition coefficient (Wildman–Crippen LogP) is 6.00. The zero-order valence-electron chi connectivity index (χ0n) is 21.0. The van der Waals surface area contributed by atoms with Crippen LogP contribution in [0.5, 0.6) is 0 Å². The highest BCUT2D eigenvalue weighted by Gasteiger charge is 2.29. The van der Waals surface area contributed by atoms with E-state index in [1.807, 2.05) is 65.6 Å².